The molecule has 0 saturated heterocycles. The molecule has 0 aromatic carbocycles. The predicted octanol–water partition coefficient (Wildman–Crippen LogP) is 0.510. The molecule has 0 aliphatic carbocycles. The highest BCUT2D eigenvalue weighted by Crippen LogP contribution is 2.24. The highest BCUT2D eigenvalue weighted by Gasteiger charge is 2.21. The number of anilines is 2. The predicted molar refractivity (Wildman–Crippen MR) is 47.5 cm³/mol. The normalized spacial score (nSPS) is 11.6. The first-order valence-electron chi connectivity index (χ1n) is 3.36. The summed E-state index contributed by atoms with van der Waals surface area (Å²) >= 11 is 5.94. The molecule has 1 aromatic rings. The molecule has 0 unspecified atom stereocenters. The van der Waals surface area contributed by atoms with Crippen molar-refractivity contribution in [3.63, 3.8) is 0 Å². The Hall–Kier alpha value is -1.10. The second kappa shape index (κ2) is 2.75. The fraction of sp³-hybridized carbons (Fsp3) is 0.500. The van der Waals surface area contributed by atoms with Crippen molar-refractivity contribution in [2.75, 3.05) is 11.5 Å². The number of nitrogens with zero attached hydrogens (tertiary/aromatic N) is 3. The smallest absolute Gasteiger partial charge is 0.225 e. The van der Waals surface area contributed by atoms with Crippen LogP contribution in [0.4, 0.5) is 11.9 Å². The maximum atomic E-state index is 5.94. The number of nitrogens with two attached hydrogens (primary N) is 2. The average Bonchev–Trinajstić information content (AvgIpc) is 1.82. The largest absolute Gasteiger partial charge is 0.368 e. The monoisotopic (exact) mass is 187 g/mol. The van der Waals surface area contributed by atoms with Crippen LogP contribution in [-0.2, 0) is 4.87 Å². The molecule has 0 spiro atoms. The molecule has 1 rings (SSSR count). The van der Waals surface area contributed by atoms with E-state index < -0.39 is 4.87 Å². The SMILES string of the molecule is CC(C)(Cl)c1nc(N)nc(N)n1. The first-order valence-corrected chi connectivity index (χ1v) is 3.74. The number of nitrogen functional groups attached to an aromatic ring is 2. The lowest BCUT2D eigenvalue weighted by Gasteiger charge is -2.13. The van der Waals surface area contributed by atoms with Crippen molar-refractivity contribution in [2.45, 2.75) is 18.7 Å². The molecule has 0 amide bonds. The van der Waals surface area contributed by atoms with E-state index in [1.165, 1.54) is 0 Å². The van der Waals surface area contributed by atoms with E-state index in [9.17, 15) is 0 Å². The van der Waals surface area contributed by atoms with E-state index in [4.69, 9.17) is 23.1 Å². The van der Waals surface area contributed by atoms with E-state index in [-0.39, 0.29) is 11.9 Å². The topological polar surface area (TPSA) is 90.7 Å². The molecule has 0 aliphatic rings. The van der Waals surface area contributed by atoms with E-state index >= 15 is 0 Å². The Kier molecular flexibility index (Phi) is 2.06. The van der Waals surface area contributed by atoms with Crippen molar-refractivity contribution in [3.05, 3.63) is 5.82 Å². The van der Waals surface area contributed by atoms with Crippen molar-refractivity contribution in [3.8, 4) is 0 Å². The molecular formula is C6H10ClN5. The van der Waals surface area contributed by atoms with Crippen LogP contribution in [0.3, 0.4) is 0 Å². The molecule has 0 saturated carbocycles. The van der Waals surface area contributed by atoms with Crippen molar-refractivity contribution in [1.82, 2.24) is 15.0 Å². The molecule has 5 nitrogen and oxygen atoms in total. The van der Waals surface area contributed by atoms with Crippen LogP contribution in [0.15, 0.2) is 0 Å². The van der Waals surface area contributed by atoms with E-state index in [1.807, 2.05) is 0 Å². The van der Waals surface area contributed by atoms with E-state index in [0.717, 1.165) is 0 Å². The van der Waals surface area contributed by atoms with Crippen LogP contribution in [0.2, 0.25) is 0 Å². The second-order valence-corrected chi connectivity index (χ2v) is 3.79. The Morgan fingerprint density at radius 1 is 1.08 bits per heavy atom. The van der Waals surface area contributed by atoms with Gasteiger partial charge in [-0.05, 0) is 13.8 Å². The molecule has 6 heteroatoms. The first-order chi connectivity index (χ1) is 5.39. The van der Waals surface area contributed by atoms with Crippen LogP contribution in [0.5, 0.6) is 0 Å². The first kappa shape index (κ1) is 8.99. The maximum absolute atomic E-state index is 5.94. The molecular weight excluding hydrogens is 178 g/mol. The van der Waals surface area contributed by atoms with Crippen LogP contribution in [0.25, 0.3) is 0 Å². The lowest BCUT2D eigenvalue weighted by Crippen LogP contribution is -2.16. The quantitative estimate of drug-likeness (QED) is 0.626. The average molecular weight is 188 g/mol. The Balaban J connectivity index is 3.18. The number of hydrogen-bond donors (Lipinski definition) is 2. The minimum atomic E-state index is -0.675. The standard InChI is InChI=1S/C6H10ClN5/c1-6(2,7)3-10-4(8)12-5(9)11-3/h1-2H3,(H4,8,9,10,11,12). The van der Waals surface area contributed by atoms with Gasteiger partial charge >= 0.3 is 0 Å². The zero-order valence-corrected chi connectivity index (χ0v) is 7.63. The summed E-state index contributed by atoms with van der Waals surface area (Å²) in [5, 5.41) is 0. The fourth-order valence-electron chi connectivity index (χ4n) is 0.675. The van der Waals surface area contributed by atoms with Gasteiger partial charge in [0.15, 0.2) is 5.82 Å². The van der Waals surface area contributed by atoms with Gasteiger partial charge < -0.3 is 11.5 Å². The second-order valence-electron chi connectivity index (χ2n) is 2.85. The zero-order chi connectivity index (χ0) is 9.35. The molecule has 12 heavy (non-hydrogen) atoms. The van der Waals surface area contributed by atoms with E-state index in [2.05, 4.69) is 15.0 Å². The van der Waals surface area contributed by atoms with Crippen LogP contribution in [0.1, 0.15) is 19.7 Å². The number of rotatable bonds is 1. The summed E-state index contributed by atoms with van der Waals surface area (Å²) in [5.74, 6) is 0.562. The molecule has 0 aliphatic heterocycles. The molecule has 0 atom stereocenters. The van der Waals surface area contributed by atoms with Crippen LogP contribution in [-0.4, -0.2) is 15.0 Å². The van der Waals surface area contributed by atoms with Crippen molar-refractivity contribution in [1.29, 1.82) is 0 Å². The van der Waals surface area contributed by atoms with Gasteiger partial charge in [-0.1, -0.05) is 0 Å². The van der Waals surface area contributed by atoms with E-state index in [1.54, 1.807) is 13.8 Å². The molecule has 1 aromatic heterocycles. The summed E-state index contributed by atoms with van der Waals surface area (Å²) < 4.78 is 0. The van der Waals surface area contributed by atoms with Gasteiger partial charge in [-0.3, -0.25) is 0 Å². The summed E-state index contributed by atoms with van der Waals surface area (Å²) in [6.45, 7) is 3.51. The van der Waals surface area contributed by atoms with Gasteiger partial charge in [-0.15, -0.1) is 11.6 Å². The van der Waals surface area contributed by atoms with Crippen molar-refractivity contribution >= 4 is 23.5 Å². The number of alkyl halides is 1. The Bertz CT molecular complexity index is 272. The summed E-state index contributed by atoms with van der Waals surface area (Å²) in [4.78, 5) is 10.6. The Morgan fingerprint density at radius 2 is 1.50 bits per heavy atom. The highest BCUT2D eigenvalue weighted by atomic mass is 35.5. The van der Waals surface area contributed by atoms with E-state index in [0.29, 0.717) is 5.82 Å². The highest BCUT2D eigenvalue weighted by molar-refractivity contribution is 6.23. The van der Waals surface area contributed by atoms with Crippen LogP contribution < -0.4 is 11.5 Å². The van der Waals surface area contributed by atoms with Crippen LogP contribution >= 0.6 is 11.6 Å². The Labute approximate surface area is 75.2 Å². The Morgan fingerprint density at radius 3 is 1.83 bits per heavy atom. The minimum Gasteiger partial charge on any atom is -0.368 e. The summed E-state index contributed by atoms with van der Waals surface area (Å²) in [5.41, 5.74) is 10.7. The van der Waals surface area contributed by atoms with Gasteiger partial charge in [0.05, 0.1) is 4.87 Å². The number of halogens is 1. The van der Waals surface area contributed by atoms with Gasteiger partial charge in [-0.25, -0.2) is 0 Å². The molecule has 0 bridgehead atoms. The fourth-order valence-corrected chi connectivity index (χ4v) is 0.760. The molecule has 66 valence electrons. The third kappa shape index (κ3) is 1.94. The summed E-state index contributed by atoms with van der Waals surface area (Å²) in [7, 11) is 0. The maximum Gasteiger partial charge on any atom is 0.225 e. The molecule has 1 heterocycles. The van der Waals surface area contributed by atoms with Crippen molar-refractivity contribution in [2.24, 2.45) is 0 Å². The van der Waals surface area contributed by atoms with Crippen LogP contribution in [0, 0.1) is 0 Å². The van der Waals surface area contributed by atoms with Gasteiger partial charge in [0.25, 0.3) is 0 Å². The number of aromatic nitrogens is 3. The lowest BCUT2D eigenvalue weighted by molar-refractivity contribution is 0.690. The number of hydrogen-bond acceptors (Lipinski definition) is 5. The summed E-state index contributed by atoms with van der Waals surface area (Å²) in [6.07, 6.45) is 0. The molecule has 0 radical (unpaired) electrons. The lowest BCUT2D eigenvalue weighted by atomic mass is 10.2. The molecule has 4 N–H and O–H groups in total. The zero-order valence-electron chi connectivity index (χ0n) is 6.87. The van der Waals surface area contributed by atoms with Gasteiger partial charge in [0.2, 0.25) is 11.9 Å². The van der Waals surface area contributed by atoms with Gasteiger partial charge in [-0.2, -0.15) is 15.0 Å². The summed E-state index contributed by atoms with van der Waals surface area (Å²) in [6, 6.07) is 0. The van der Waals surface area contributed by atoms with Gasteiger partial charge in [0, 0.05) is 0 Å². The molecule has 0 fully saturated rings. The third-order valence-corrected chi connectivity index (χ3v) is 1.37. The van der Waals surface area contributed by atoms with Crippen molar-refractivity contribution < 1.29 is 0 Å². The van der Waals surface area contributed by atoms with Gasteiger partial charge in [0.1, 0.15) is 0 Å². The minimum absolute atomic E-state index is 0.0891. The third-order valence-electron chi connectivity index (χ3n) is 1.20.